The van der Waals surface area contributed by atoms with Gasteiger partial charge in [-0.3, -0.25) is 9.59 Å². The number of piperidine rings is 1. The zero-order valence-corrected chi connectivity index (χ0v) is 15.6. The summed E-state index contributed by atoms with van der Waals surface area (Å²) >= 11 is 6.32. The molecule has 0 unspecified atom stereocenters. The van der Waals surface area contributed by atoms with E-state index in [9.17, 15) is 9.59 Å². The Balaban J connectivity index is 1.54. The lowest BCUT2D eigenvalue weighted by Gasteiger charge is -2.30. The molecule has 1 aromatic heterocycles. The predicted octanol–water partition coefficient (Wildman–Crippen LogP) is 3.13. The average Bonchev–Trinajstić information content (AvgIpc) is 3.40. The Morgan fingerprint density at radius 2 is 1.85 bits per heavy atom. The lowest BCUT2D eigenvalue weighted by molar-refractivity contribution is -0.138. The molecule has 0 atom stereocenters. The second-order valence-electron chi connectivity index (χ2n) is 7.26. The van der Waals surface area contributed by atoms with Gasteiger partial charge in [0.1, 0.15) is 5.82 Å². The van der Waals surface area contributed by atoms with E-state index >= 15 is 0 Å². The molecule has 1 saturated carbocycles. The van der Waals surface area contributed by atoms with Gasteiger partial charge in [0.15, 0.2) is 0 Å². The van der Waals surface area contributed by atoms with Crippen molar-refractivity contribution in [1.29, 1.82) is 0 Å². The standard InChI is InChI=1S/C19H21ClN4O3/c20-14-3-1-2-4-15(14)24-18(13-5-6-13)21-17(22-24)19(27)23-9-7-12(8-10-23)11-16(25)26/h1-4,12-13H,5-11H2,(H,25,26). The largest absolute Gasteiger partial charge is 0.481 e. The molecule has 2 heterocycles. The molecule has 27 heavy (non-hydrogen) atoms. The van der Waals surface area contributed by atoms with Crippen molar-refractivity contribution in [3.8, 4) is 5.69 Å². The molecule has 1 aromatic carbocycles. The number of hydrogen-bond acceptors (Lipinski definition) is 4. The van der Waals surface area contributed by atoms with E-state index in [-0.39, 0.29) is 24.1 Å². The Labute approximate surface area is 161 Å². The molecule has 0 radical (unpaired) electrons. The maximum Gasteiger partial charge on any atom is 0.303 e. The van der Waals surface area contributed by atoms with E-state index in [1.807, 2.05) is 18.2 Å². The van der Waals surface area contributed by atoms with Crippen molar-refractivity contribution in [2.75, 3.05) is 13.1 Å². The van der Waals surface area contributed by atoms with Gasteiger partial charge < -0.3 is 10.0 Å². The van der Waals surface area contributed by atoms with Gasteiger partial charge >= 0.3 is 5.97 Å². The fourth-order valence-electron chi connectivity index (χ4n) is 3.55. The number of benzene rings is 1. The lowest BCUT2D eigenvalue weighted by atomic mass is 9.93. The molecule has 1 N–H and O–H groups in total. The van der Waals surface area contributed by atoms with E-state index in [0.717, 1.165) is 24.4 Å². The van der Waals surface area contributed by atoms with Gasteiger partial charge in [-0.2, -0.15) is 0 Å². The van der Waals surface area contributed by atoms with E-state index in [2.05, 4.69) is 10.1 Å². The molecule has 0 spiro atoms. The monoisotopic (exact) mass is 388 g/mol. The van der Waals surface area contributed by atoms with Gasteiger partial charge in [-0.25, -0.2) is 9.67 Å². The Morgan fingerprint density at radius 1 is 1.15 bits per heavy atom. The first-order valence-corrected chi connectivity index (χ1v) is 9.63. The molecule has 1 aliphatic heterocycles. The first-order valence-electron chi connectivity index (χ1n) is 9.26. The van der Waals surface area contributed by atoms with E-state index in [1.54, 1.807) is 15.6 Å². The average molecular weight is 389 g/mol. The van der Waals surface area contributed by atoms with Crippen molar-refractivity contribution in [2.45, 2.75) is 38.0 Å². The fourth-order valence-corrected chi connectivity index (χ4v) is 3.77. The van der Waals surface area contributed by atoms with Crippen molar-refractivity contribution in [3.05, 3.63) is 40.9 Å². The van der Waals surface area contributed by atoms with Crippen LogP contribution in [0.1, 0.15) is 54.5 Å². The first kappa shape index (κ1) is 18.0. The predicted molar refractivity (Wildman–Crippen MR) is 99.2 cm³/mol. The molecule has 142 valence electrons. The Morgan fingerprint density at radius 3 is 2.48 bits per heavy atom. The summed E-state index contributed by atoms with van der Waals surface area (Å²) in [4.78, 5) is 30.0. The number of aliphatic carboxylic acids is 1. The van der Waals surface area contributed by atoms with E-state index < -0.39 is 5.97 Å². The molecule has 4 rings (SSSR count). The number of aromatic nitrogens is 3. The van der Waals surface area contributed by atoms with Crippen LogP contribution in [0.25, 0.3) is 5.69 Å². The number of para-hydroxylation sites is 1. The van der Waals surface area contributed by atoms with Gasteiger partial charge in [-0.1, -0.05) is 23.7 Å². The maximum absolute atomic E-state index is 12.9. The van der Waals surface area contributed by atoms with Crippen molar-refractivity contribution < 1.29 is 14.7 Å². The van der Waals surface area contributed by atoms with E-state index in [4.69, 9.17) is 16.7 Å². The van der Waals surface area contributed by atoms with Crippen LogP contribution in [0.3, 0.4) is 0 Å². The molecule has 7 nitrogen and oxygen atoms in total. The van der Waals surface area contributed by atoms with Gasteiger partial charge in [-0.05, 0) is 43.7 Å². The van der Waals surface area contributed by atoms with E-state index in [0.29, 0.717) is 36.9 Å². The van der Waals surface area contributed by atoms with Gasteiger partial charge in [0.2, 0.25) is 5.82 Å². The number of likely N-dealkylation sites (tertiary alicyclic amines) is 1. The van der Waals surface area contributed by atoms with Crippen LogP contribution in [0, 0.1) is 5.92 Å². The highest BCUT2D eigenvalue weighted by molar-refractivity contribution is 6.32. The summed E-state index contributed by atoms with van der Waals surface area (Å²) < 4.78 is 1.70. The third-order valence-corrected chi connectivity index (χ3v) is 5.53. The van der Waals surface area contributed by atoms with Gasteiger partial charge in [0.25, 0.3) is 5.91 Å². The third kappa shape index (κ3) is 3.83. The van der Waals surface area contributed by atoms with Crippen molar-refractivity contribution in [1.82, 2.24) is 19.7 Å². The third-order valence-electron chi connectivity index (χ3n) is 5.21. The van der Waals surface area contributed by atoms with Crippen LogP contribution in [-0.4, -0.2) is 49.7 Å². The van der Waals surface area contributed by atoms with Crippen LogP contribution in [-0.2, 0) is 4.79 Å². The van der Waals surface area contributed by atoms with Crippen LogP contribution < -0.4 is 0 Å². The first-order chi connectivity index (χ1) is 13.0. The van der Waals surface area contributed by atoms with Crippen molar-refractivity contribution in [2.24, 2.45) is 5.92 Å². The second kappa shape index (κ2) is 7.31. The summed E-state index contributed by atoms with van der Waals surface area (Å²) in [6.45, 7) is 1.08. The SMILES string of the molecule is O=C(O)CC1CCN(C(=O)c2nc(C3CC3)n(-c3ccccc3Cl)n2)CC1. The number of carbonyl (C=O) groups is 2. The van der Waals surface area contributed by atoms with Crippen LogP contribution in [0.15, 0.2) is 24.3 Å². The van der Waals surface area contributed by atoms with Gasteiger partial charge in [0, 0.05) is 25.4 Å². The summed E-state index contributed by atoms with van der Waals surface area (Å²) in [6.07, 6.45) is 3.62. The lowest BCUT2D eigenvalue weighted by Crippen LogP contribution is -2.39. The molecule has 8 heteroatoms. The maximum atomic E-state index is 12.9. The zero-order valence-electron chi connectivity index (χ0n) is 14.8. The van der Waals surface area contributed by atoms with Gasteiger partial charge in [-0.15, -0.1) is 5.10 Å². The molecule has 2 fully saturated rings. The number of halogens is 1. The summed E-state index contributed by atoms with van der Waals surface area (Å²) in [5.74, 6) is 0.435. The molecule has 0 bridgehead atoms. The van der Waals surface area contributed by atoms with Crippen molar-refractivity contribution in [3.63, 3.8) is 0 Å². The summed E-state index contributed by atoms with van der Waals surface area (Å²) in [6, 6.07) is 7.40. The number of carbonyl (C=O) groups excluding carboxylic acids is 1. The molecule has 2 aliphatic rings. The number of carboxylic acid groups (broad SMARTS) is 1. The minimum Gasteiger partial charge on any atom is -0.481 e. The number of nitrogens with zero attached hydrogens (tertiary/aromatic N) is 4. The smallest absolute Gasteiger partial charge is 0.303 e. The second-order valence-corrected chi connectivity index (χ2v) is 7.67. The molecule has 1 amide bonds. The molecular formula is C19H21ClN4O3. The number of carboxylic acids is 1. The van der Waals surface area contributed by atoms with Crippen LogP contribution >= 0.6 is 11.6 Å². The van der Waals surface area contributed by atoms with Crippen LogP contribution in [0.4, 0.5) is 0 Å². The van der Waals surface area contributed by atoms with Gasteiger partial charge in [0.05, 0.1) is 10.7 Å². The highest BCUT2D eigenvalue weighted by atomic mass is 35.5. The molecule has 2 aromatic rings. The Kier molecular flexibility index (Phi) is 4.86. The Bertz CT molecular complexity index is 870. The summed E-state index contributed by atoms with van der Waals surface area (Å²) in [5, 5.41) is 14.0. The molecular weight excluding hydrogens is 368 g/mol. The molecule has 1 saturated heterocycles. The minimum atomic E-state index is -0.783. The highest BCUT2D eigenvalue weighted by Gasteiger charge is 2.33. The molecule has 1 aliphatic carbocycles. The van der Waals surface area contributed by atoms with Crippen LogP contribution in [0.2, 0.25) is 5.02 Å². The quantitative estimate of drug-likeness (QED) is 0.850. The highest BCUT2D eigenvalue weighted by Crippen LogP contribution is 2.40. The summed E-state index contributed by atoms with van der Waals surface area (Å²) in [7, 11) is 0. The van der Waals surface area contributed by atoms with Crippen LogP contribution in [0.5, 0.6) is 0 Å². The Hall–Kier alpha value is -2.41. The summed E-state index contributed by atoms with van der Waals surface area (Å²) in [5.41, 5.74) is 0.729. The zero-order chi connectivity index (χ0) is 19.0. The normalized spacial score (nSPS) is 17.9. The number of rotatable bonds is 5. The van der Waals surface area contributed by atoms with E-state index in [1.165, 1.54) is 0 Å². The van der Waals surface area contributed by atoms with Crippen molar-refractivity contribution >= 4 is 23.5 Å². The minimum absolute atomic E-state index is 0.127. The topological polar surface area (TPSA) is 88.3 Å². The number of amides is 1. The number of hydrogen-bond donors (Lipinski definition) is 1. The fraction of sp³-hybridized carbons (Fsp3) is 0.474.